The zero-order valence-electron chi connectivity index (χ0n) is 16.3. The Morgan fingerprint density at radius 2 is 1.70 bits per heavy atom. The van der Waals surface area contributed by atoms with E-state index in [1.54, 1.807) is 0 Å². The van der Waals surface area contributed by atoms with Crippen LogP contribution in [0.25, 0.3) is 5.69 Å². The van der Waals surface area contributed by atoms with Crippen LogP contribution in [0, 0.1) is 13.8 Å². The van der Waals surface area contributed by atoms with Crippen molar-refractivity contribution in [2.45, 2.75) is 33.8 Å². The van der Waals surface area contributed by atoms with E-state index in [0.29, 0.717) is 0 Å². The topological polar surface area (TPSA) is 43.3 Å². The second-order valence-corrected chi connectivity index (χ2v) is 6.92. The van der Waals surface area contributed by atoms with E-state index in [-0.39, 0.29) is 18.4 Å². The van der Waals surface area contributed by atoms with Crippen LogP contribution in [0.4, 0.5) is 5.69 Å². The molecule has 1 N–H and O–H groups in total. The standard InChI is InChI=1S/C23H26N2O2/c1-16(2)27-21-12-10-19(11-13-21)24-15-23(26)22-14-17(3)25(18(22)4)20-8-6-5-7-9-20/h5-14,16,24H,15H2,1-4H3. The molecule has 0 aliphatic carbocycles. The average molecular weight is 362 g/mol. The second-order valence-electron chi connectivity index (χ2n) is 6.92. The number of ketones is 1. The summed E-state index contributed by atoms with van der Waals surface area (Å²) >= 11 is 0. The minimum absolute atomic E-state index is 0.0767. The number of aromatic nitrogens is 1. The van der Waals surface area contributed by atoms with Gasteiger partial charge in [0.15, 0.2) is 5.78 Å². The molecular formula is C23H26N2O2. The minimum atomic E-state index is 0.0767. The SMILES string of the molecule is Cc1cc(C(=O)CNc2ccc(OC(C)C)cc2)c(C)n1-c1ccccc1. The number of hydrogen-bond acceptors (Lipinski definition) is 3. The quantitative estimate of drug-likeness (QED) is 0.589. The normalized spacial score (nSPS) is 10.9. The molecule has 3 aromatic rings. The van der Waals surface area contributed by atoms with Gasteiger partial charge in [0.2, 0.25) is 0 Å². The summed E-state index contributed by atoms with van der Waals surface area (Å²) in [6.07, 6.45) is 0.144. The van der Waals surface area contributed by atoms with Crippen LogP contribution in [0.2, 0.25) is 0 Å². The van der Waals surface area contributed by atoms with Gasteiger partial charge in [-0.1, -0.05) is 18.2 Å². The number of nitrogens with zero attached hydrogens (tertiary/aromatic N) is 1. The Kier molecular flexibility index (Phi) is 5.65. The molecule has 27 heavy (non-hydrogen) atoms. The van der Waals surface area contributed by atoms with Crippen molar-refractivity contribution in [3.05, 3.63) is 77.6 Å². The number of aryl methyl sites for hydroxylation is 1. The zero-order valence-corrected chi connectivity index (χ0v) is 16.3. The maximum atomic E-state index is 12.7. The van der Waals surface area contributed by atoms with Gasteiger partial charge in [0.05, 0.1) is 12.6 Å². The fraction of sp³-hybridized carbons (Fsp3) is 0.261. The van der Waals surface area contributed by atoms with E-state index in [1.807, 2.05) is 88.4 Å². The van der Waals surface area contributed by atoms with E-state index in [2.05, 4.69) is 9.88 Å². The van der Waals surface area contributed by atoms with Crippen molar-refractivity contribution in [3.8, 4) is 11.4 Å². The van der Waals surface area contributed by atoms with Crippen molar-refractivity contribution in [1.29, 1.82) is 0 Å². The molecule has 4 nitrogen and oxygen atoms in total. The van der Waals surface area contributed by atoms with Gasteiger partial charge in [-0.05, 0) is 70.2 Å². The number of carbonyl (C=O) groups is 1. The number of para-hydroxylation sites is 1. The van der Waals surface area contributed by atoms with Gasteiger partial charge in [0, 0.05) is 28.3 Å². The van der Waals surface area contributed by atoms with Crippen molar-refractivity contribution < 1.29 is 9.53 Å². The van der Waals surface area contributed by atoms with E-state index in [0.717, 1.165) is 34.1 Å². The summed E-state index contributed by atoms with van der Waals surface area (Å²) in [6.45, 7) is 8.26. The number of ether oxygens (including phenoxy) is 1. The highest BCUT2D eigenvalue weighted by Crippen LogP contribution is 2.22. The number of carbonyl (C=O) groups excluding carboxylic acids is 1. The summed E-state index contributed by atoms with van der Waals surface area (Å²) in [5, 5.41) is 3.20. The molecule has 0 aliphatic rings. The van der Waals surface area contributed by atoms with Crippen molar-refractivity contribution in [3.63, 3.8) is 0 Å². The van der Waals surface area contributed by atoms with Gasteiger partial charge < -0.3 is 14.6 Å². The smallest absolute Gasteiger partial charge is 0.183 e. The van der Waals surface area contributed by atoms with E-state index in [4.69, 9.17) is 4.74 Å². The molecule has 0 atom stereocenters. The van der Waals surface area contributed by atoms with Gasteiger partial charge in [-0.2, -0.15) is 0 Å². The summed E-state index contributed by atoms with van der Waals surface area (Å²) in [6, 6.07) is 19.7. The van der Waals surface area contributed by atoms with Gasteiger partial charge >= 0.3 is 0 Å². The molecule has 0 saturated heterocycles. The molecule has 1 aromatic heterocycles. The maximum absolute atomic E-state index is 12.7. The number of rotatable bonds is 7. The highest BCUT2D eigenvalue weighted by molar-refractivity contribution is 6.00. The molecule has 3 rings (SSSR count). The fourth-order valence-electron chi connectivity index (χ4n) is 3.22. The third-order valence-electron chi connectivity index (χ3n) is 4.43. The number of nitrogens with one attached hydrogen (secondary N) is 1. The highest BCUT2D eigenvalue weighted by Gasteiger charge is 2.16. The summed E-state index contributed by atoms with van der Waals surface area (Å²) in [4.78, 5) is 12.7. The molecule has 4 heteroatoms. The van der Waals surface area contributed by atoms with Crippen LogP contribution >= 0.6 is 0 Å². The van der Waals surface area contributed by atoms with Crippen LogP contribution < -0.4 is 10.1 Å². The Balaban J connectivity index is 1.70. The highest BCUT2D eigenvalue weighted by atomic mass is 16.5. The monoisotopic (exact) mass is 362 g/mol. The van der Waals surface area contributed by atoms with Gasteiger partial charge in [-0.25, -0.2) is 0 Å². The molecule has 140 valence electrons. The largest absolute Gasteiger partial charge is 0.491 e. The molecular weight excluding hydrogens is 336 g/mol. The first kappa shape index (κ1) is 18.8. The summed E-state index contributed by atoms with van der Waals surface area (Å²) in [7, 11) is 0. The maximum Gasteiger partial charge on any atom is 0.183 e. The molecule has 0 aliphatic heterocycles. The van der Waals surface area contributed by atoms with Crippen LogP contribution in [0.5, 0.6) is 5.75 Å². The Morgan fingerprint density at radius 3 is 2.33 bits per heavy atom. The first-order valence-electron chi connectivity index (χ1n) is 9.24. The van der Waals surface area contributed by atoms with E-state index in [1.165, 1.54) is 0 Å². The molecule has 0 spiro atoms. The number of benzene rings is 2. The van der Waals surface area contributed by atoms with Crippen molar-refractivity contribution in [1.82, 2.24) is 4.57 Å². The van der Waals surface area contributed by atoms with Crippen molar-refractivity contribution in [2.24, 2.45) is 0 Å². The first-order chi connectivity index (χ1) is 13.0. The molecule has 2 aromatic carbocycles. The van der Waals surface area contributed by atoms with Crippen molar-refractivity contribution >= 4 is 11.5 Å². The lowest BCUT2D eigenvalue weighted by molar-refractivity contribution is 0.101. The second kappa shape index (κ2) is 8.12. The zero-order chi connectivity index (χ0) is 19.4. The minimum Gasteiger partial charge on any atom is -0.491 e. The van der Waals surface area contributed by atoms with Gasteiger partial charge in [0.1, 0.15) is 5.75 Å². The number of anilines is 1. The molecule has 0 fully saturated rings. The van der Waals surface area contributed by atoms with Gasteiger partial charge in [-0.15, -0.1) is 0 Å². The molecule has 1 heterocycles. The summed E-state index contributed by atoms with van der Waals surface area (Å²) in [5.41, 5.74) is 4.74. The Bertz CT molecular complexity index is 910. The first-order valence-corrected chi connectivity index (χ1v) is 9.24. The lowest BCUT2D eigenvalue weighted by Crippen LogP contribution is -2.15. The van der Waals surface area contributed by atoms with Gasteiger partial charge in [0.25, 0.3) is 0 Å². The van der Waals surface area contributed by atoms with E-state index < -0.39 is 0 Å². The third-order valence-corrected chi connectivity index (χ3v) is 4.43. The van der Waals surface area contributed by atoms with Crippen LogP contribution in [-0.4, -0.2) is 23.0 Å². The van der Waals surface area contributed by atoms with Crippen LogP contribution in [0.3, 0.4) is 0 Å². The van der Waals surface area contributed by atoms with Crippen LogP contribution in [0.15, 0.2) is 60.7 Å². The van der Waals surface area contributed by atoms with Gasteiger partial charge in [-0.3, -0.25) is 4.79 Å². The fourth-order valence-corrected chi connectivity index (χ4v) is 3.22. The Labute approximate surface area is 160 Å². The van der Waals surface area contributed by atoms with Crippen molar-refractivity contribution in [2.75, 3.05) is 11.9 Å². The lowest BCUT2D eigenvalue weighted by Gasteiger charge is -2.11. The Morgan fingerprint density at radius 1 is 1.04 bits per heavy atom. The molecule has 0 bridgehead atoms. The third kappa shape index (κ3) is 4.40. The lowest BCUT2D eigenvalue weighted by atomic mass is 10.1. The van der Waals surface area contributed by atoms with Crippen LogP contribution in [0.1, 0.15) is 35.6 Å². The molecule has 0 unspecified atom stereocenters. The predicted molar refractivity (Wildman–Crippen MR) is 110 cm³/mol. The summed E-state index contributed by atoms with van der Waals surface area (Å²) in [5.74, 6) is 0.904. The predicted octanol–water partition coefficient (Wildman–Crippen LogP) is 5.18. The number of Topliss-reactive ketones (excluding diaryl/α,β-unsaturated/α-hetero) is 1. The molecule has 0 saturated carbocycles. The molecule has 0 amide bonds. The summed E-state index contributed by atoms with van der Waals surface area (Å²) < 4.78 is 7.76. The molecule has 0 radical (unpaired) electrons. The van der Waals surface area contributed by atoms with E-state index in [9.17, 15) is 4.79 Å². The Hall–Kier alpha value is -3.01. The van der Waals surface area contributed by atoms with Crippen LogP contribution in [-0.2, 0) is 0 Å². The average Bonchev–Trinajstić information content (AvgIpc) is 2.95. The van der Waals surface area contributed by atoms with E-state index >= 15 is 0 Å². The number of hydrogen-bond donors (Lipinski definition) is 1.